The highest BCUT2D eigenvalue weighted by molar-refractivity contribution is 6.12. The van der Waals surface area contributed by atoms with Crippen LogP contribution in [0.1, 0.15) is 29.0 Å². The molecular weight excluding hydrogens is 825 g/mol. The molecule has 0 aliphatic heterocycles. The number of para-hydroxylation sites is 3. The number of nitrogens with zero attached hydrogens (tertiary/aromatic N) is 4. The molecule has 4 nitrogen and oxygen atoms in total. The predicted molar refractivity (Wildman–Crippen MR) is 290 cm³/mol. The van der Waals surface area contributed by atoms with Crippen molar-refractivity contribution >= 4 is 89.9 Å². The molecule has 0 saturated carbocycles. The zero-order valence-corrected chi connectivity index (χ0v) is 37.7. The Morgan fingerprint density at radius 1 is 0.382 bits per heavy atom. The maximum atomic E-state index is 4.12. The van der Waals surface area contributed by atoms with Crippen molar-refractivity contribution in [2.45, 2.75) is 12.3 Å². The van der Waals surface area contributed by atoms with Crippen molar-refractivity contribution in [1.82, 2.24) is 9.13 Å². The van der Waals surface area contributed by atoms with E-state index in [2.05, 4.69) is 269 Å². The summed E-state index contributed by atoms with van der Waals surface area (Å²) in [6.07, 6.45) is 13.7. The summed E-state index contributed by atoms with van der Waals surface area (Å²) in [5.74, 6) is 0.364. The molecule has 1 unspecified atom stereocenters. The topological polar surface area (TPSA) is 16.3 Å². The highest BCUT2D eigenvalue weighted by Crippen LogP contribution is 2.44. The Bertz CT molecular complexity index is 3730. The second-order valence-electron chi connectivity index (χ2n) is 17.5. The van der Waals surface area contributed by atoms with Crippen LogP contribution in [0.15, 0.2) is 250 Å². The third-order valence-corrected chi connectivity index (χ3v) is 13.5. The van der Waals surface area contributed by atoms with E-state index in [4.69, 9.17) is 0 Å². The number of fused-ring (bicyclic) bond motifs is 6. The number of hydrogen-bond donors (Lipinski definition) is 0. The summed E-state index contributed by atoms with van der Waals surface area (Å²) in [4.78, 5) is 4.75. The van der Waals surface area contributed by atoms with Gasteiger partial charge in [-0.2, -0.15) is 0 Å². The minimum atomic E-state index is 0.364. The SMILES string of the molecule is C=Cc1ccc2c(c1)c1cc(N(c3ccccc3)c3ccc(N(c4ccc(C5C=CC=CC5)cc4)c4ccc5c(c4)c4cc(C=C)ccc4n5-c4ccccc4)cc3)ccc1n2-c1ccccc1. The van der Waals surface area contributed by atoms with Crippen LogP contribution in [0.25, 0.3) is 67.1 Å². The summed E-state index contributed by atoms with van der Waals surface area (Å²) >= 11 is 0. The van der Waals surface area contributed by atoms with Crippen LogP contribution in [-0.2, 0) is 0 Å². The summed E-state index contributed by atoms with van der Waals surface area (Å²) in [5, 5.41) is 4.74. The number of allylic oxidation sites excluding steroid dienone is 4. The van der Waals surface area contributed by atoms with Crippen LogP contribution >= 0.6 is 0 Å². The second kappa shape index (κ2) is 17.2. The van der Waals surface area contributed by atoms with E-state index in [1.807, 2.05) is 12.2 Å². The maximum absolute atomic E-state index is 4.12. The monoisotopic (exact) mass is 872 g/mol. The van der Waals surface area contributed by atoms with Crippen LogP contribution in [0, 0.1) is 0 Å². The highest BCUT2D eigenvalue weighted by atomic mass is 15.2. The molecule has 2 heterocycles. The van der Waals surface area contributed by atoms with Gasteiger partial charge in [0.1, 0.15) is 0 Å². The quantitative estimate of drug-likeness (QED) is 0.129. The molecule has 11 aromatic rings. The third-order valence-electron chi connectivity index (χ3n) is 13.5. The Kier molecular flexibility index (Phi) is 10.3. The minimum Gasteiger partial charge on any atom is -0.310 e. The highest BCUT2D eigenvalue weighted by Gasteiger charge is 2.21. The number of rotatable bonds is 11. The molecule has 0 bridgehead atoms. The lowest BCUT2D eigenvalue weighted by atomic mass is 9.92. The standard InChI is InChI=1S/C64H48N4/c1-3-45-25-37-61-57(41-45)59-43-55(35-39-63(59)67(61)50-21-13-7-14-22-50)65(49-19-11-6-12-20-49)53-31-33-54(34-32-53)66(52-29-27-48(28-30-52)47-17-9-5-10-18-47)56-36-40-64-60(44-56)58-42-46(4-2)26-38-62(58)68(64)51-23-15-8-16-24-51/h3-17,19-44,47H,1-2,18H2. The van der Waals surface area contributed by atoms with Gasteiger partial charge >= 0.3 is 0 Å². The van der Waals surface area contributed by atoms with Gasteiger partial charge in [-0.1, -0.05) is 128 Å². The first kappa shape index (κ1) is 40.6. The first-order valence-corrected chi connectivity index (χ1v) is 23.3. The van der Waals surface area contributed by atoms with E-state index in [-0.39, 0.29) is 0 Å². The number of hydrogen-bond acceptors (Lipinski definition) is 2. The van der Waals surface area contributed by atoms with Crippen LogP contribution in [0.3, 0.4) is 0 Å². The molecular formula is C64H48N4. The Balaban J connectivity index is 1.01. The smallest absolute Gasteiger partial charge is 0.0542 e. The molecule has 1 aliphatic rings. The molecule has 9 aromatic carbocycles. The van der Waals surface area contributed by atoms with Crippen molar-refractivity contribution < 1.29 is 0 Å². The molecule has 0 saturated heterocycles. The van der Waals surface area contributed by atoms with E-state index >= 15 is 0 Å². The van der Waals surface area contributed by atoms with Gasteiger partial charge in [-0.15, -0.1) is 0 Å². The van der Waals surface area contributed by atoms with E-state index in [9.17, 15) is 0 Å². The molecule has 1 aliphatic carbocycles. The fraction of sp³-hybridized carbons (Fsp3) is 0.0312. The maximum Gasteiger partial charge on any atom is 0.0542 e. The molecule has 4 heteroatoms. The molecule has 68 heavy (non-hydrogen) atoms. The second-order valence-corrected chi connectivity index (χ2v) is 17.5. The van der Waals surface area contributed by atoms with Gasteiger partial charge in [0.2, 0.25) is 0 Å². The van der Waals surface area contributed by atoms with Gasteiger partial charge in [0, 0.05) is 73.0 Å². The molecule has 12 rings (SSSR count). The van der Waals surface area contributed by atoms with E-state index in [1.165, 1.54) is 27.1 Å². The summed E-state index contributed by atoms with van der Waals surface area (Å²) in [6.45, 7) is 8.23. The molecule has 0 fully saturated rings. The number of aromatic nitrogens is 2. The van der Waals surface area contributed by atoms with Gasteiger partial charge in [-0.3, -0.25) is 0 Å². The Hall–Kier alpha value is -8.86. The molecule has 2 aromatic heterocycles. The zero-order valence-electron chi connectivity index (χ0n) is 37.7. The van der Waals surface area contributed by atoms with Crippen LogP contribution in [-0.4, -0.2) is 9.13 Å². The normalized spacial score (nSPS) is 13.4. The van der Waals surface area contributed by atoms with Gasteiger partial charge in [0.05, 0.1) is 22.1 Å². The van der Waals surface area contributed by atoms with Gasteiger partial charge in [0.25, 0.3) is 0 Å². The predicted octanol–water partition coefficient (Wildman–Crippen LogP) is 17.7. The zero-order chi connectivity index (χ0) is 45.6. The molecule has 0 amide bonds. The summed E-state index contributed by atoms with van der Waals surface area (Å²) in [6, 6.07) is 77.1. The average Bonchev–Trinajstić information content (AvgIpc) is 3.91. The fourth-order valence-corrected chi connectivity index (χ4v) is 10.2. The summed E-state index contributed by atoms with van der Waals surface area (Å²) in [5.41, 5.74) is 16.8. The van der Waals surface area contributed by atoms with Crippen molar-refractivity contribution in [1.29, 1.82) is 0 Å². The Labute approximate surface area is 397 Å². The van der Waals surface area contributed by atoms with Gasteiger partial charge < -0.3 is 18.9 Å². The average molecular weight is 873 g/mol. The van der Waals surface area contributed by atoms with Gasteiger partial charge in [-0.05, 0) is 157 Å². The third kappa shape index (κ3) is 7.11. The van der Waals surface area contributed by atoms with Crippen LogP contribution in [0.4, 0.5) is 34.1 Å². The van der Waals surface area contributed by atoms with Crippen LogP contribution in [0.2, 0.25) is 0 Å². The van der Waals surface area contributed by atoms with Crippen LogP contribution in [0.5, 0.6) is 0 Å². The number of benzene rings is 9. The fourth-order valence-electron chi connectivity index (χ4n) is 10.2. The van der Waals surface area contributed by atoms with Gasteiger partial charge in [0.15, 0.2) is 0 Å². The lowest BCUT2D eigenvalue weighted by Crippen LogP contribution is -2.12. The first-order chi connectivity index (χ1) is 33.6. The van der Waals surface area contributed by atoms with Crippen molar-refractivity contribution in [3.8, 4) is 11.4 Å². The molecule has 1 atom stereocenters. The van der Waals surface area contributed by atoms with Crippen molar-refractivity contribution in [2.75, 3.05) is 9.80 Å². The van der Waals surface area contributed by atoms with Crippen molar-refractivity contribution in [3.63, 3.8) is 0 Å². The molecule has 0 spiro atoms. The molecule has 0 radical (unpaired) electrons. The number of anilines is 6. The Morgan fingerprint density at radius 3 is 1.19 bits per heavy atom. The van der Waals surface area contributed by atoms with Crippen molar-refractivity contribution in [2.24, 2.45) is 0 Å². The van der Waals surface area contributed by atoms with Gasteiger partial charge in [-0.25, -0.2) is 0 Å². The van der Waals surface area contributed by atoms with E-state index in [0.29, 0.717) is 5.92 Å². The first-order valence-electron chi connectivity index (χ1n) is 23.3. The molecule has 0 N–H and O–H groups in total. The molecule has 324 valence electrons. The van der Waals surface area contributed by atoms with E-state index in [1.54, 1.807) is 0 Å². The lowest BCUT2D eigenvalue weighted by molar-refractivity contribution is 0.854. The summed E-state index contributed by atoms with van der Waals surface area (Å²) < 4.78 is 4.73. The Morgan fingerprint density at radius 2 is 0.765 bits per heavy atom. The van der Waals surface area contributed by atoms with Crippen LogP contribution < -0.4 is 9.80 Å². The summed E-state index contributed by atoms with van der Waals surface area (Å²) in [7, 11) is 0. The largest absolute Gasteiger partial charge is 0.310 e. The minimum absolute atomic E-state index is 0.364. The van der Waals surface area contributed by atoms with E-state index in [0.717, 1.165) is 85.1 Å². The van der Waals surface area contributed by atoms with Crippen molar-refractivity contribution in [3.05, 3.63) is 266 Å². The van der Waals surface area contributed by atoms with E-state index < -0.39 is 0 Å². The lowest BCUT2D eigenvalue weighted by Gasteiger charge is -2.29.